The summed E-state index contributed by atoms with van der Waals surface area (Å²) in [4.78, 5) is 4.97. The lowest BCUT2D eigenvalue weighted by molar-refractivity contribution is 0.793. The average molecular weight is 1330 g/mol. The number of nitrogens with zero attached hydrogens (tertiary/aromatic N) is 2. The molecule has 0 saturated heterocycles. The topological polar surface area (TPSA) is 6.48 Å². The van der Waals surface area contributed by atoms with Crippen molar-refractivity contribution in [3.63, 3.8) is 0 Å². The Bertz CT molecular complexity index is 5600. The number of hydrogen-bond acceptors (Lipinski definition) is 2. The van der Waals surface area contributed by atoms with Crippen molar-refractivity contribution in [2.45, 2.75) is 38.5 Å². The Morgan fingerprint density at radius 3 is 0.760 bits per heavy atom. The summed E-state index contributed by atoms with van der Waals surface area (Å²) in [6.45, 7) is 9.01. The summed E-state index contributed by atoms with van der Waals surface area (Å²) in [7, 11) is 0. The molecule has 16 aromatic rings. The Labute approximate surface area is 610 Å². The van der Waals surface area contributed by atoms with Crippen molar-refractivity contribution in [1.29, 1.82) is 0 Å². The highest BCUT2D eigenvalue weighted by molar-refractivity contribution is 5.99. The first kappa shape index (κ1) is 62.2. The minimum absolute atomic E-state index is 0.404. The lowest BCUT2D eigenvalue weighted by Gasteiger charge is -2.33. The zero-order valence-corrected chi connectivity index (χ0v) is 58.7. The predicted octanol–water partition coefficient (Wildman–Crippen LogP) is 26.9. The van der Waals surface area contributed by atoms with E-state index in [1.807, 2.05) is 0 Å². The molecule has 4 aliphatic rings. The van der Waals surface area contributed by atoms with Gasteiger partial charge in [-0.05, 0) is 256 Å². The summed E-state index contributed by atoms with van der Waals surface area (Å²) in [5.41, 5.74) is 42.3. The third-order valence-corrected chi connectivity index (χ3v) is 22.6. The molecule has 2 nitrogen and oxygen atoms in total. The Hall–Kier alpha value is -12.9. The zero-order chi connectivity index (χ0) is 69.6. The molecule has 20 rings (SSSR count). The number of rotatable bonds is 10. The normalized spacial score (nSPS) is 13.0. The van der Waals surface area contributed by atoms with Gasteiger partial charge in [0.05, 0.1) is 16.5 Å². The minimum Gasteiger partial charge on any atom is -0.310 e. The molecular weight excluding hydrogens is 1250 g/mol. The highest BCUT2D eigenvalue weighted by atomic mass is 15.2. The average Bonchev–Trinajstić information content (AvgIpc) is 1.52. The van der Waals surface area contributed by atoms with Crippen LogP contribution in [0.15, 0.2) is 376 Å². The van der Waals surface area contributed by atoms with E-state index in [1.54, 1.807) is 0 Å². The zero-order valence-electron chi connectivity index (χ0n) is 58.7. The largest absolute Gasteiger partial charge is 0.310 e. The van der Waals surface area contributed by atoms with E-state index in [0.717, 1.165) is 17.1 Å². The second-order valence-electron chi connectivity index (χ2n) is 28.4. The van der Waals surface area contributed by atoms with Gasteiger partial charge in [0.2, 0.25) is 0 Å². The monoisotopic (exact) mass is 1330 g/mol. The van der Waals surface area contributed by atoms with Crippen molar-refractivity contribution in [3.8, 4) is 89.0 Å². The molecule has 0 aliphatic heterocycles. The molecule has 0 atom stereocenters. The van der Waals surface area contributed by atoms with Crippen LogP contribution in [0.3, 0.4) is 0 Å². The molecule has 0 amide bonds. The second-order valence-corrected chi connectivity index (χ2v) is 28.4. The van der Waals surface area contributed by atoms with Crippen molar-refractivity contribution in [1.82, 2.24) is 0 Å². The van der Waals surface area contributed by atoms with Crippen LogP contribution in [0.1, 0.15) is 66.8 Å². The van der Waals surface area contributed by atoms with E-state index < -0.39 is 10.8 Å². The molecule has 0 unspecified atom stereocenters. The Balaban J connectivity index is 0.000000143. The van der Waals surface area contributed by atoms with Crippen LogP contribution in [-0.4, -0.2) is 0 Å². The van der Waals surface area contributed by atoms with Gasteiger partial charge in [-0.25, -0.2) is 0 Å². The van der Waals surface area contributed by atoms with Crippen LogP contribution in [0.25, 0.3) is 89.0 Å². The number of anilines is 6. The molecule has 0 fully saturated rings. The lowest BCUT2D eigenvalue weighted by atomic mass is 9.70. The fourth-order valence-corrected chi connectivity index (χ4v) is 18.2. The summed E-state index contributed by atoms with van der Waals surface area (Å²) in [5, 5.41) is 0. The van der Waals surface area contributed by atoms with E-state index >= 15 is 0 Å². The van der Waals surface area contributed by atoms with Crippen LogP contribution < -0.4 is 9.80 Å². The standard InChI is InChI=1S/2C51H37N/c1-34-31-38(36-15-5-3-6-16-36)25-29-49(34)52(50-30-26-39(32-35(50)2)37-17-7-4-8-18-37)40-27-28-44-43-21-11-14-24-47(43)51(48(44)33-40)45-22-12-9-19-41(45)42-20-10-13-23-46(42)51;1-34-31-39(37-17-7-4-8-18-37)32-35(2)50(34)52(40-27-25-38(26-28-40)36-15-5-3-6-16-36)41-29-30-45-44-21-11-14-24-48(44)51(49(45)33-41)46-22-12-9-19-42(46)43-20-10-13-23-47(43)51/h2*3-33H,1-2H3. The molecule has 0 radical (unpaired) electrons. The van der Waals surface area contributed by atoms with Gasteiger partial charge in [0.1, 0.15) is 0 Å². The quantitative estimate of drug-likeness (QED) is 0.135. The van der Waals surface area contributed by atoms with Crippen LogP contribution in [0.2, 0.25) is 0 Å². The molecular formula is C102H74N2. The van der Waals surface area contributed by atoms with Gasteiger partial charge in [0, 0.05) is 28.4 Å². The van der Waals surface area contributed by atoms with E-state index in [9.17, 15) is 0 Å². The van der Waals surface area contributed by atoms with Gasteiger partial charge in [-0.15, -0.1) is 0 Å². The fraction of sp³-hybridized carbons (Fsp3) is 0.0588. The van der Waals surface area contributed by atoms with E-state index in [2.05, 4.69) is 414 Å². The Kier molecular flexibility index (Phi) is 15.0. The summed E-state index contributed by atoms with van der Waals surface area (Å²) in [5.74, 6) is 0. The van der Waals surface area contributed by atoms with Crippen molar-refractivity contribution in [2.24, 2.45) is 0 Å². The van der Waals surface area contributed by atoms with Crippen LogP contribution in [0, 0.1) is 27.7 Å². The Morgan fingerprint density at radius 2 is 0.423 bits per heavy atom. The molecule has 0 bridgehead atoms. The first-order chi connectivity index (χ1) is 51.2. The van der Waals surface area contributed by atoms with Gasteiger partial charge in [-0.1, -0.05) is 303 Å². The number of fused-ring (bicyclic) bond motifs is 20. The van der Waals surface area contributed by atoms with E-state index in [-0.39, 0.29) is 0 Å². The summed E-state index contributed by atoms with van der Waals surface area (Å²) < 4.78 is 0. The summed E-state index contributed by atoms with van der Waals surface area (Å²) in [6.07, 6.45) is 0. The van der Waals surface area contributed by atoms with Crippen LogP contribution in [-0.2, 0) is 10.8 Å². The van der Waals surface area contributed by atoms with Crippen LogP contribution >= 0.6 is 0 Å². The molecule has 104 heavy (non-hydrogen) atoms. The lowest BCUT2D eigenvalue weighted by Crippen LogP contribution is -2.26. The van der Waals surface area contributed by atoms with Crippen molar-refractivity contribution in [3.05, 3.63) is 443 Å². The highest BCUT2D eigenvalue weighted by Crippen LogP contribution is 2.65. The maximum absolute atomic E-state index is 2.49. The van der Waals surface area contributed by atoms with E-state index in [0.29, 0.717) is 0 Å². The molecule has 0 heterocycles. The van der Waals surface area contributed by atoms with E-state index in [4.69, 9.17) is 0 Å². The SMILES string of the molecule is Cc1cc(-c2ccccc2)cc(C)c1N(c1ccc(-c2ccccc2)cc1)c1ccc2c(c1)C1(c3ccccc3-c3ccccc31)c1ccccc1-2.Cc1cc(-c2ccccc2)ccc1N(c1ccc2c(c1)C1(c3ccccc3-c3ccccc31)c1ccccc1-2)c1ccc(-c2ccccc2)cc1C. The van der Waals surface area contributed by atoms with E-state index in [1.165, 1.54) is 173 Å². The van der Waals surface area contributed by atoms with Gasteiger partial charge >= 0.3 is 0 Å². The third-order valence-electron chi connectivity index (χ3n) is 22.6. The molecule has 492 valence electrons. The highest BCUT2D eigenvalue weighted by Gasteiger charge is 2.53. The number of benzene rings is 16. The fourth-order valence-electron chi connectivity index (χ4n) is 18.2. The first-order valence-electron chi connectivity index (χ1n) is 36.4. The molecule has 0 saturated carbocycles. The third kappa shape index (κ3) is 9.70. The molecule has 0 N–H and O–H groups in total. The molecule has 2 spiro atoms. The number of hydrogen-bond donors (Lipinski definition) is 0. The number of aryl methyl sites for hydroxylation is 4. The Morgan fingerprint density at radius 1 is 0.173 bits per heavy atom. The first-order valence-corrected chi connectivity index (χ1v) is 36.4. The van der Waals surface area contributed by atoms with Gasteiger partial charge in [-0.2, -0.15) is 0 Å². The molecule has 16 aromatic carbocycles. The van der Waals surface area contributed by atoms with Crippen molar-refractivity contribution in [2.75, 3.05) is 9.80 Å². The molecule has 2 heteroatoms. The summed E-state index contributed by atoms with van der Waals surface area (Å²) in [6, 6.07) is 139. The predicted molar refractivity (Wildman–Crippen MR) is 436 cm³/mol. The van der Waals surface area contributed by atoms with Crippen molar-refractivity contribution < 1.29 is 0 Å². The van der Waals surface area contributed by atoms with Gasteiger partial charge < -0.3 is 9.80 Å². The molecule has 0 aromatic heterocycles. The maximum atomic E-state index is 2.49. The maximum Gasteiger partial charge on any atom is 0.0726 e. The van der Waals surface area contributed by atoms with Crippen LogP contribution in [0.4, 0.5) is 34.1 Å². The second kappa shape index (κ2) is 25.0. The van der Waals surface area contributed by atoms with Gasteiger partial charge in [-0.3, -0.25) is 0 Å². The van der Waals surface area contributed by atoms with Crippen molar-refractivity contribution >= 4 is 34.1 Å². The van der Waals surface area contributed by atoms with Gasteiger partial charge in [0.25, 0.3) is 0 Å². The van der Waals surface area contributed by atoms with Crippen LogP contribution in [0.5, 0.6) is 0 Å². The smallest absolute Gasteiger partial charge is 0.0726 e. The van der Waals surface area contributed by atoms with Gasteiger partial charge in [0.15, 0.2) is 0 Å². The summed E-state index contributed by atoms with van der Waals surface area (Å²) >= 11 is 0. The molecule has 4 aliphatic carbocycles. The minimum atomic E-state index is -0.404.